The molecule has 230 valence electrons. The lowest BCUT2D eigenvalue weighted by molar-refractivity contribution is -0.384. The van der Waals surface area contributed by atoms with Crippen molar-refractivity contribution in [2.24, 2.45) is 0 Å². The normalized spacial score (nSPS) is 13.7. The molecule has 1 N–H and O–H groups in total. The average molecular weight is 610 g/mol. The molecule has 12 nitrogen and oxygen atoms in total. The number of nitrogens with zero attached hydrogens (tertiary/aromatic N) is 4. The molecular formula is C30H29F2N5O7. The van der Waals surface area contributed by atoms with E-state index in [0.29, 0.717) is 17.5 Å². The summed E-state index contributed by atoms with van der Waals surface area (Å²) in [7, 11) is 2.98. The Kier molecular flexibility index (Phi) is 9.83. The highest BCUT2D eigenvalue weighted by Crippen LogP contribution is 2.20. The number of carbonyl (C=O) groups is 4. The van der Waals surface area contributed by atoms with E-state index in [1.54, 1.807) is 24.3 Å². The van der Waals surface area contributed by atoms with E-state index in [9.17, 15) is 38.1 Å². The minimum absolute atomic E-state index is 0.00755. The van der Waals surface area contributed by atoms with Gasteiger partial charge < -0.3 is 24.8 Å². The number of benzene rings is 3. The molecule has 3 aromatic carbocycles. The molecule has 44 heavy (non-hydrogen) atoms. The van der Waals surface area contributed by atoms with Crippen molar-refractivity contribution in [3.63, 3.8) is 0 Å². The lowest BCUT2D eigenvalue weighted by atomic mass is 10.0. The first-order chi connectivity index (χ1) is 20.9. The van der Waals surface area contributed by atoms with Crippen LogP contribution in [0.5, 0.6) is 5.75 Å². The minimum atomic E-state index is -1.25. The molecule has 1 atom stereocenters. The number of hydrogen-bond donors (Lipinski definition) is 1. The molecule has 0 unspecified atom stereocenters. The summed E-state index contributed by atoms with van der Waals surface area (Å²) in [4.78, 5) is 66.5. The molecule has 14 heteroatoms. The van der Waals surface area contributed by atoms with Gasteiger partial charge in [0.25, 0.3) is 11.6 Å². The van der Waals surface area contributed by atoms with Gasteiger partial charge in [-0.25, -0.2) is 8.78 Å². The lowest BCUT2D eigenvalue weighted by Crippen LogP contribution is -2.56. The number of amides is 4. The number of halogens is 2. The SMILES string of the molecule is COc1ccc(N(C)C(=O)[C@H](Cc2cc(F)cc(F)c2)NC(=O)CN2CCN(C(=O)c3cccc([N+](=O)[O-])c3)CC2=O)cc1. The smallest absolute Gasteiger partial charge is 0.270 e. The van der Waals surface area contributed by atoms with Crippen molar-refractivity contribution < 1.29 is 37.6 Å². The van der Waals surface area contributed by atoms with Gasteiger partial charge in [0, 0.05) is 56.0 Å². The molecule has 1 heterocycles. The molecular weight excluding hydrogens is 580 g/mol. The average Bonchev–Trinajstić information content (AvgIpc) is 3.00. The number of nitrogens with one attached hydrogen (secondary N) is 1. The molecule has 1 aliphatic heterocycles. The summed E-state index contributed by atoms with van der Waals surface area (Å²) in [6, 6.07) is 13.3. The lowest BCUT2D eigenvalue weighted by Gasteiger charge is -2.34. The Morgan fingerprint density at radius 1 is 1.05 bits per heavy atom. The quantitative estimate of drug-likeness (QED) is 0.275. The Balaban J connectivity index is 1.44. The second-order valence-electron chi connectivity index (χ2n) is 10.0. The van der Waals surface area contributed by atoms with E-state index in [0.717, 1.165) is 18.2 Å². The third-order valence-corrected chi connectivity index (χ3v) is 7.03. The van der Waals surface area contributed by atoms with Crippen molar-refractivity contribution in [1.82, 2.24) is 15.1 Å². The van der Waals surface area contributed by atoms with E-state index in [1.807, 2.05) is 0 Å². The fraction of sp³-hybridized carbons (Fsp3) is 0.267. The summed E-state index contributed by atoms with van der Waals surface area (Å²) in [6.45, 7) is -0.747. The van der Waals surface area contributed by atoms with Crippen molar-refractivity contribution in [3.8, 4) is 5.75 Å². The number of rotatable bonds is 10. The number of hydrogen-bond acceptors (Lipinski definition) is 7. The van der Waals surface area contributed by atoms with E-state index in [2.05, 4.69) is 5.32 Å². The number of anilines is 1. The molecule has 0 saturated carbocycles. The van der Waals surface area contributed by atoms with Crippen LogP contribution in [0.3, 0.4) is 0 Å². The number of nitro benzene ring substituents is 1. The van der Waals surface area contributed by atoms with Crippen LogP contribution in [-0.4, -0.2) is 84.7 Å². The molecule has 1 aliphatic rings. The summed E-state index contributed by atoms with van der Waals surface area (Å²) < 4.78 is 32.9. The maximum atomic E-state index is 13.9. The van der Waals surface area contributed by atoms with Crippen molar-refractivity contribution in [2.45, 2.75) is 12.5 Å². The van der Waals surface area contributed by atoms with Crippen LogP contribution in [0.1, 0.15) is 15.9 Å². The van der Waals surface area contributed by atoms with Crippen LogP contribution in [0.4, 0.5) is 20.2 Å². The van der Waals surface area contributed by atoms with Crippen LogP contribution in [0, 0.1) is 21.7 Å². The molecule has 4 rings (SSSR count). The topological polar surface area (TPSA) is 142 Å². The number of methoxy groups -OCH3 is 1. The van der Waals surface area contributed by atoms with Gasteiger partial charge in [0.1, 0.15) is 30.0 Å². The first kappa shape index (κ1) is 31.5. The Bertz CT molecular complexity index is 1560. The predicted molar refractivity (Wildman–Crippen MR) is 154 cm³/mol. The summed E-state index contributed by atoms with van der Waals surface area (Å²) in [6.07, 6.45) is -0.237. The maximum absolute atomic E-state index is 13.9. The van der Waals surface area contributed by atoms with Crippen LogP contribution in [0.25, 0.3) is 0 Å². The van der Waals surface area contributed by atoms with Gasteiger partial charge in [-0.15, -0.1) is 0 Å². The zero-order valence-electron chi connectivity index (χ0n) is 23.9. The van der Waals surface area contributed by atoms with E-state index >= 15 is 0 Å². The number of ether oxygens (including phenoxy) is 1. The second kappa shape index (κ2) is 13.7. The van der Waals surface area contributed by atoms with Crippen LogP contribution >= 0.6 is 0 Å². The van der Waals surface area contributed by atoms with Gasteiger partial charge in [0.05, 0.1) is 18.6 Å². The number of carbonyl (C=O) groups excluding carboxylic acids is 4. The van der Waals surface area contributed by atoms with Crippen LogP contribution in [0.2, 0.25) is 0 Å². The fourth-order valence-electron chi connectivity index (χ4n) is 4.73. The molecule has 0 radical (unpaired) electrons. The van der Waals surface area contributed by atoms with Crippen molar-refractivity contribution >= 4 is 35.0 Å². The zero-order chi connectivity index (χ0) is 32.0. The molecule has 4 amide bonds. The zero-order valence-corrected chi connectivity index (χ0v) is 23.9. The largest absolute Gasteiger partial charge is 0.497 e. The molecule has 1 fully saturated rings. The number of nitro groups is 1. The predicted octanol–water partition coefficient (Wildman–Crippen LogP) is 2.56. The summed E-state index contributed by atoms with van der Waals surface area (Å²) in [5, 5.41) is 13.6. The van der Waals surface area contributed by atoms with E-state index < -0.39 is 52.8 Å². The summed E-state index contributed by atoms with van der Waals surface area (Å²) in [5.41, 5.74) is 0.392. The van der Waals surface area contributed by atoms with Gasteiger partial charge >= 0.3 is 0 Å². The molecule has 3 aromatic rings. The first-order valence-corrected chi connectivity index (χ1v) is 13.4. The molecule has 0 spiro atoms. The van der Waals surface area contributed by atoms with Crippen molar-refractivity contribution in [3.05, 3.63) is 99.6 Å². The maximum Gasteiger partial charge on any atom is 0.270 e. The van der Waals surface area contributed by atoms with Gasteiger partial charge in [-0.3, -0.25) is 29.3 Å². The summed E-state index contributed by atoms with van der Waals surface area (Å²) in [5.74, 6) is -3.52. The van der Waals surface area contributed by atoms with E-state index in [4.69, 9.17) is 4.74 Å². The second-order valence-corrected chi connectivity index (χ2v) is 10.0. The standard InChI is InChI=1S/C30H29F2N5O7/c1-34(23-6-8-25(44-2)9-7-23)30(41)26(14-19-12-21(31)16-22(32)13-19)33-27(38)17-35-10-11-36(18-28(35)39)29(40)20-4-3-5-24(15-20)37(42)43/h3-9,12-13,15-16,26H,10-11,14,17-18H2,1-2H3,(H,33,38)/t26-/m0/s1. The number of likely N-dealkylation sites (N-methyl/N-ethyl adjacent to an activating group) is 1. The highest BCUT2D eigenvalue weighted by molar-refractivity contribution is 6.00. The highest BCUT2D eigenvalue weighted by Gasteiger charge is 2.31. The highest BCUT2D eigenvalue weighted by atomic mass is 19.1. The Hall–Kier alpha value is -5.40. The summed E-state index contributed by atoms with van der Waals surface area (Å²) >= 11 is 0. The van der Waals surface area contributed by atoms with Gasteiger partial charge in [-0.2, -0.15) is 0 Å². The minimum Gasteiger partial charge on any atom is -0.497 e. The molecule has 0 bridgehead atoms. The van der Waals surface area contributed by atoms with Gasteiger partial charge in [0.15, 0.2) is 0 Å². The Labute approximate surface area is 250 Å². The molecule has 0 aromatic heterocycles. The molecule has 1 saturated heterocycles. The van der Waals surface area contributed by atoms with Gasteiger partial charge in [-0.1, -0.05) is 6.07 Å². The van der Waals surface area contributed by atoms with Crippen LogP contribution in [0.15, 0.2) is 66.7 Å². The Morgan fingerprint density at radius 2 is 1.73 bits per heavy atom. The fourth-order valence-corrected chi connectivity index (χ4v) is 4.73. The third kappa shape index (κ3) is 7.70. The van der Waals surface area contributed by atoms with Gasteiger partial charge in [-0.05, 0) is 48.0 Å². The van der Waals surface area contributed by atoms with Gasteiger partial charge in [0.2, 0.25) is 17.7 Å². The van der Waals surface area contributed by atoms with Crippen molar-refractivity contribution in [1.29, 1.82) is 0 Å². The number of non-ortho nitro benzene ring substituents is 1. The monoisotopic (exact) mass is 609 g/mol. The van der Waals surface area contributed by atoms with Crippen LogP contribution < -0.4 is 15.0 Å². The first-order valence-electron chi connectivity index (χ1n) is 13.4. The van der Waals surface area contributed by atoms with E-state index in [-0.39, 0.29) is 42.9 Å². The van der Waals surface area contributed by atoms with Crippen LogP contribution in [-0.2, 0) is 20.8 Å². The van der Waals surface area contributed by atoms with Crippen molar-refractivity contribution in [2.75, 3.05) is 45.2 Å². The Morgan fingerprint density at radius 3 is 2.34 bits per heavy atom. The number of piperazine rings is 1. The third-order valence-electron chi connectivity index (χ3n) is 7.03. The van der Waals surface area contributed by atoms with E-state index in [1.165, 1.54) is 47.1 Å². The molecule has 0 aliphatic carbocycles.